The smallest absolute Gasteiger partial charge is 0.126 e. The van der Waals surface area contributed by atoms with Gasteiger partial charge in [-0.05, 0) is 20.8 Å². The number of halogens is 2. The first-order valence-electron chi connectivity index (χ1n) is 2.22. The molecule has 0 fully saturated rings. The highest BCUT2D eigenvalue weighted by Gasteiger charge is 1.75. The zero-order chi connectivity index (χ0) is 7.15. The van der Waals surface area contributed by atoms with E-state index in [2.05, 4.69) is 0 Å². The fraction of sp³-hybridized carbons (Fsp3) is 0.800. The van der Waals surface area contributed by atoms with Crippen molar-refractivity contribution in [3.05, 3.63) is 0 Å². The van der Waals surface area contributed by atoms with Gasteiger partial charge >= 0.3 is 0 Å². The fourth-order valence-electron chi connectivity index (χ4n) is 0. The third kappa shape index (κ3) is 2760. The second-order valence-electron chi connectivity index (χ2n) is 1.43. The van der Waals surface area contributed by atoms with Crippen LogP contribution in [0.15, 0.2) is 0 Å². The van der Waals surface area contributed by atoms with E-state index in [0.717, 1.165) is 0 Å². The summed E-state index contributed by atoms with van der Waals surface area (Å²) in [7, 11) is 0. The van der Waals surface area contributed by atoms with Gasteiger partial charge in [0, 0.05) is 0 Å². The zero-order valence-corrected chi connectivity index (χ0v) is 6.75. The van der Waals surface area contributed by atoms with Gasteiger partial charge in [0.1, 0.15) is 10.6 Å². The van der Waals surface area contributed by atoms with Crippen molar-refractivity contribution in [1.82, 2.24) is 0 Å². The molecular weight excluding hydrogens is 147 g/mol. The highest BCUT2D eigenvalue weighted by Crippen LogP contribution is 1.95. The van der Waals surface area contributed by atoms with Crippen molar-refractivity contribution in [3.63, 3.8) is 0 Å². The normalized spacial score (nSPS) is 7.75. The molecule has 0 rings (SSSR count). The molecule has 0 unspecified atom stereocenters. The average Bonchev–Trinajstić information content (AvgIpc) is 1.25. The first kappa shape index (κ1) is 11.1. The van der Waals surface area contributed by atoms with Crippen molar-refractivity contribution in [3.8, 4) is 0 Å². The Morgan fingerprint density at radius 2 is 1.38 bits per heavy atom. The summed E-state index contributed by atoms with van der Waals surface area (Å²) in [6.07, 6.45) is 0. The van der Waals surface area contributed by atoms with Gasteiger partial charge in [-0.2, -0.15) is 0 Å². The van der Waals surface area contributed by atoms with Gasteiger partial charge in [0.15, 0.2) is 0 Å². The summed E-state index contributed by atoms with van der Waals surface area (Å²) in [5, 5.41) is 0. The quantitative estimate of drug-likeness (QED) is 0.493. The molecule has 0 aliphatic carbocycles. The topological polar surface area (TPSA) is 17.1 Å². The molecule has 0 amide bonds. The Morgan fingerprint density at radius 3 is 1.38 bits per heavy atom. The Bertz CT molecular complexity index is 54.7. The highest BCUT2D eigenvalue weighted by atomic mass is 35.5. The molecular formula is C5H10Cl2O. The predicted molar refractivity (Wildman–Crippen MR) is 37.5 cm³/mol. The summed E-state index contributed by atoms with van der Waals surface area (Å²) in [6, 6.07) is 0. The molecule has 0 aromatic rings. The van der Waals surface area contributed by atoms with E-state index in [4.69, 9.17) is 23.2 Å². The summed E-state index contributed by atoms with van der Waals surface area (Å²) in [6.45, 7) is 4.75. The van der Waals surface area contributed by atoms with Gasteiger partial charge in [-0.3, -0.25) is 0 Å². The molecule has 0 aliphatic heterocycles. The molecule has 8 heavy (non-hydrogen) atoms. The molecule has 0 aromatic carbocycles. The largest absolute Gasteiger partial charge is 0.300 e. The van der Waals surface area contributed by atoms with Gasteiger partial charge in [0.2, 0.25) is 0 Å². The third-order valence-corrected chi connectivity index (χ3v) is 0. The first-order valence-corrected chi connectivity index (χ1v) is 3.09. The summed E-state index contributed by atoms with van der Waals surface area (Å²) in [4.78, 5) is 9.22. The molecule has 0 atom stereocenters. The monoisotopic (exact) mass is 156 g/mol. The number of carbonyl (C=O) groups excluding carboxylic acids is 1. The second-order valence-corrected chi connectivity index (χ2v) is 2.96. The molecule has 0 aromatic heterocycles. The van der Waals surface area contributed by atoms with E-state index in [1.165, 1.54) is 13.8 Å². The van der Waals surface area contributed by atoms with Crippen LogP contribution in [0.1, 0.15) is 20.8 Å². The van der Waals surface area contributed by atoms with E-state index in [0.29, 0.717) is 0 Å². The minimum Gasteiger partial charge on any atom is -0.300 e. The number of hydrogen-bond donors (Lipinski definition) is 0. The Balaban J connectivity index is 0. The van der Waals surface area contributed by atoms with E-state index >= 15 is 0 Å². The Hall–Kier alpha value is 0.250. The van der Waals surface area contributed by atoms with Crippen LogP contribution in [0.2, 0.25) is 0 Å². The first-order chi connectivity index (χ1) is 3.46. The van der Waals surface area contributed by atoms with Crippen LogP contribution in [-0.4, -0.2) is 10.6 Å². The number of rotatable bonds is 0. The van der Waals surface area contributed by atoms with Gasteiger partial charge in [-0.15, -0.1) is 23.2 Å². The van der Waals surface area contributed by atoms with Gasteiger partial charge in [0.25, 0.3) is 0 Å². The van der Waals surface area contributed by atoms with Crippen LogP contribution in [0.25, 0.3) is 0 Å². The summed E-state index contributed by atoms with van der Waals surface area (Å²) in [5.74, 6) is 0.167. The minimum absolute atomic E-state index is 0.167. The van der Waals surface area contributed by atoms with E-state index in [1.54, 1.807) is 6.92 Å². The van der Waals surface area contributed by atoms with Crippen LogP contribution in [0.5, 0.6) is 0 Å². The predicted octanol–water partition coefficient (Wildman–Crippen LogP) is 2.41. The van der Waals surface area contributed by atoms with E-state index in [9.17, 15) is 4.79 Å². The van der Waals surface area contributed by atoms with Crippen LogP contribution < -0.4 is 0 Å². The fourth-order valence-corrected chi connectivity index (χ4v) is 0. The Labute approximate surface area is 60.0 Å². The van der Waals surface area contributed by atoms with Crippen LogP contribution in [0.4, 0.5) is 0 Å². The van der Waals surface area contributed by atoms with Crippen LogP contribution in [0.3, 0.4) is 0 Å². The van der Waals surface area contributed by atoms with Gasteiger partial charge in [-0.25, -0.2) is 0 Å². The van der Waals surface area contributed by atoms with Crippen molar-refractivity contribution >= 4 is 29.0 Å². The molecule has 1 nitrogen and oxygen atoms in total. The molecule has 0 bridgehead atoms. The lowest BCUT2D eigenvalue weighted by atomic mass is 10.6. The lowest BCUT2D eigenvalue weighted by Crippen LogP contribution is -1.69. The van der Waals surface area contributed by atoms with Crippen molar-refractivity contribution in [2.24, 2.45) is 0 Å². The standard InChI is InChI=1S/C3H6O.C2H4Cl2/c1-3(2)4;1-2(3)4/h1-2H3;2H,1H3. The molecule has 0 aliphatic rings. The minimum atomic E-state index is -0.222. The van der Waals surface area contributed by atoms with Crippen LogP contribution in [-0.2, 0) is 4.79 Å². The van der Waals surface area contributed by atoms with E-state index in [1.807, 2.05) is 0 Å². The highest BCUT2D eigenvalue weighted by molar-refractivity contribution is 6.43. The second kappa shape index (κ2) is 7.25. The van der Waals surface area contributed by atoms with Crippen molar-refractivity contribution in [2.45, 2.75) is 25.6 Å². The molecule has 0 saturated carbocycles. The number of alkyl halides is 2. The van der Waals surface area contributed by atoms with Gasteiger partial charge in [0.05, 0.1) is 0 Å². The lowest BCUT2D eigenvalue weighted by Gasteiger charge is -1.72. The number of ketones is 1. The molecule has 50 valence electrons. The number of Topliss-reactive ketones (excluding diaryl/α,β-unsaturated/α-hetero) is 1. The molecule has 0 N–H and O–H groups in total. The van der Waals surface area contributed by atoms with E-state index in [-0.39, 0.29) is 10.6 Å². The Kier molecular flexibility index (Phi) is 10.1. The molecule has 3 heteroatoms. The third-order valence-electron chi connectivity index (χ3n) is 0. The van der Waals surface area contributed by atoms with Crippen LogP contribution in [0, 0.1) is 0 Å². The molecule has 0 heterocycles. The maximum atomic E-state index is 9.44. The molecule has 0 radical (unpaired) electrons. The van der Waals surface area contributed by atoms with Gasteiger partial charge in [-0.1, -0.05) is 0 Å². The maximum Gasteiger partial charge on any atom is 0.126 e. The van der Waals surface area contributed by atoms with E-state index < -0.39 is 0 Å². The van der Waals surface area contributed by atoms with Crippen molar-refractivity contribution in [1.29, 1.82) is 0 Å². The maximum absolute atomic E-state index is 9.44. The SMILES string of the molecule is CC(C)=O.CC(Cl)Cl. The molecule has 0 spiro atoms. The zero-order valence-electron chi connectivity index (χ0n) is 5.24. The average molecular weight is 157 g/mol. The number of carbonyl (C=O) groups is 1. The van der Waals surface area contributed by atoms with Crippen molar-refractivity contribution < 1.29 is 4.79 Å². The Morgan fingerprint density at radius 1 is 1.38 bits per heavy atom. The van der Waals surface area contributed by atoms with Crippen LogP contribution >= 0.6 is 23.2 Å². The van der Waals surface area contributed by atoms with Gasteiger partial charge < -0.3 is 4.79 Å². The summed E-state index contributed by atoms with van der Waals surface area (Å²) >= 11 is 10.1. The number of hydrogen-bond acceptors (Lipinski definition) is 1. The lowest BCUT2D eigenvalue weighted by molar-refractivity contribution is -0.114. The van der Waals surface area contributed by atoms with Crippen molar-refractivity contribution in [2.75, 3.05) is 0 Å². The molecule has 0 saturated heterocycles. The summed E-state index contributed by atoms with van der Waals surface area (Å²) in [5.41, 5.74) is 0. The summed E-state index contributed by atoms with van der Waals surface area (Å²) < 4.78 is 0.